The van der Waals surface area contributed by atoms with Crippen LogP contribution in [0.2, 0.25) is 0 Å². The maximum Gasteiger partial charge on any atom is 0.303 e. The number of rotatable bonds is 24. The van der Waals surface area contributed by atoms with E-state index in [0.717, 1.165) is 77.0 Å². The molecule has 0 bridgehead atoms. The van der Waals surface area contributed by atoms with Gasteiger partial charge in [0.15, 0.2) is 0 Å². The Balaban J connectivity index is -0.000000218. The lowest BCUT2D eigenvalue weighted by Gasteiger charge is -1.97. The molecule has 7 heteroatoms. The van der Waals surface area contributed by atoms with Crippen molar-refractivity contribution in [3.05, 3.63) is 38.0 Å². The van der Waals surface area contributed by atoms with E-state index in [1.165, 1.54) is 38.5 Å². The molecular formula is C30H54AlO6. The van der Waals surface area contributed by atoms with Gasteiger partial charge in [0.05, 0.1) is 0 Å². The Morgan fingerprint density at radius 2 is 0.595 bits per heavy atom. The minimum absolute atomic E-state index is 0. The van der Waals surface area contributed by atoms with Gasteiger partial charge < -0.3 is 15.3 Å². The van der Waals surface area contributed by atoms with Crippen molar-refractivity contribution < 1.29 is 29.7 Å². The third-order valence-corrected chi connectivity index (χ3v) is 5.40. The summed E-state index contributed by atoms with van der Waals surface area (Å²) >= 11 is 0. The minimum atomic E-state index is -0.680. The standard InChI is InChI=1S/3C10H18O2.Al/c3*1-2-3-4-5-6-7-8-9-10(11)12;/h3*2H,1,3-9H2,(H,11,12);. The smallest absolute Gasteiger partial charge is 0.303 e. The van der Waals surface area contributed by atoms with Gasteiger partial charge in [-0.05, 0) is 57.8 Å². The largest absolute Gasteiger partial charge is 0.481 e. The van der Waals surface area contributed by atoms with Gasteiger partial charge in [0, 0.05) is 36.6 Å². The zero-order chi connectivity index (χ0) is 27.7. The van der Waals surface area contributed by atoms with Crippen molar-refractivity contribution in [1.29, 1.82) is 0 Å². The molecule has 0 aromatic carbocycles. The van der Waals surface area contributed by atoms with Crippen molar-refractivity contribution in [2.75, 3.05) is 0 Å². The van der Waals surface area contributed by atoms with E-state index < -0.39 is 17.9 Å². The van der Waals surface area contributed by atoms with Crippen LogP contribution in [0.4, 0.5) is 0 Å². The van der Waals surface area contributed by atoms with E-state index in [0.29, 0.717) is 19.3 Å². The highest BCUT2D eigenvalue weighted by Gasteiger charge is 1.97. The summed E-state index contributed by atoms with van der Waals surface area (Å²) in [5.41, 5.74) is 0. The lowest BCUT2D eigenvalue weighted by molar-refractivity contribution is -0.138. The average molecular weight is 538 g/mol. The number of carboxylic acids is 3. The van der Waals surface area contributed by atoms with Gasteiger partial charge in [-0.25, -0.2) is 0 Å². The first-order chi connectivity index (χ1) is 17.3. The number of unbranched alkanes of at least 4 members (excludes halogenated alkanes) is 15. The molecule has 0 unspecified atom stereocenters. The normalized spacial score (nSPS) is 9.41. The second-order valence-corrected chi connectivity index (χ2v) is 8.97. The summed E-state index contributed by atoms with van der Waals surface area (Å²) in [4.78, 5) is 30.4. The van der Waals surface area contributed by atoms with Crippen LogP contribution in [0.1, 0.15) is 135 Å². The fourth-order valence-corrected chi connectivity index (χ4v) is 3.29. The minimum Gasteiger partial charge on any atom is -0.481 e. The molecular weight excluding hydrogens is 483 g/mol. The van der Waals surface area contributed by atoms with E-state index in [1.807, 2.05) is 18.2 Å². The lowest BCUT2D eigenvalue weighted by Crippen LogP contribution is -1.93. The highest BCUT2D eigenvalue weighted by atomic mass is 27.0. The van der Waals surface area contributed by atoms with E-state index in [-0.39, 0.29) is 17.4 Å². The van der Waals surface area contributed by atoms with Gasteiger partial charge in [0.1, 0.15) is 0 Å². The molecule has 3 N–H and O–H groups in total. The summed E-state index contributed by atoms with van der Waals surface area (Å²) in [7, 11) is 0. The summed E-state index contributed by atoms with van der Waals surface area (Å²) in [6, 6.07) is 0. The summed E-state index contributed by atoms with van der Waals surface area (Å²) in [6.07, 6.45) is 26.2. The molecule has 0 aromatic rings. The van der Waals surface area contributed by atoms with Crippen molar-refractivity contribution >= 4 is 35.3 Å². The SMILES string of the molecule is C=CCCCCCCCC(=O)O.C=CCCCCCCCC(=O)O.C=CCCCCCCCC(=O)O.[Al]. The Morgan fingerprint density at radius 3 is 0.784 bits per heavy atom. The van der Waals surface area contributed by atoms with Crippen LogP contribution in [-0.4, -0.2) is 50.6 Å². The first kappa shape index (κ1) is 42.3. The molecule has 0 aliphatic carbocycles. The molecule has 0 rings (SSSR count). The quantitative estimate of drug-likeness (QED) is 0.0646. The third kappa shape index (κ3) is 55.8. The fourth-order valence-electron chi connectivity index (χ4n) is 3.29. The Labute approximate surface area is 237 Å². The molecule has 0 aliphatic heterocycles. The predicted octanol–water partition coefficient (Wildman–Crippen LogP) is 8.58. The van der Waals surface area contributed by atoms with Crippen molar-refractivity contribution in [3.8, 4) is 0 Å². The number of hydrogen-bond donors (Lipinski definition) is 3. The van der Waals surface area contributed by atoms with Crippen LogP contribution in [0, 0.1) is 0 Å². The van der Waals surface area contributed by atoms with E-state index in [2.05, 4.69) is 19.7 Å². The molecule has 213 valence electrons. The number of allylic oxidation sites excluding steroid dienone is 3. The Kier molecular flexibility index (Phi) is 44.2. The summed E-state index contributed by atoms with van der Waals surface area (Å²) in [5, 5.41) is 25.0. The van der Waals surface area contributed by atoms with E-state index in [1.54, 1.807) is 0 Å². The van der Waals surface area contributed by atoms with E-state index >= 15 is 0 Å². The molecule has 0 saturated carbocycles. The molecule has 0 heterocycles. The third-order valence-electron chi connectivity index (χ3n) is 5.40. The molecule has 6 nitrogen and oxygen atoms in total. The van der Waals surface area contributed by atoms with Gasteiger partial charge in [0.2, 0.25) is 0 Å². The molecule has 0 aliphatic rings. The monoisotopic (exact) mass is 537 g/mol. The Morgan fingerprint density at radius 1 is 0.405 bits per heavy atom. The predicted molar refractivity (Wildman–Crippen MR) is 156 cm³/mol. The molecule has 37 heavy (non-hydrogen) atoms. The molecule has 0 atom stereocenters. The van der Waals surface area contributed by atoms with Crippen LogP contribution in [0.3, 0.4) is 0 Å². The lowest BCUT2D eigenvalue weighted by atomic mass is 10.1. The van der Waals surface area contributed by atoms with Crippen molar-refractivity contribution in [1.82, 2.24) is 0 Å². The average Bonchev–Trinajstić information content (AvgIpc) is 2.83. The number of hydrogen-bond acceptors (Lipinski definition) is 3. The zero-order valence-electron chi connectivity index (χ0n) is 23.3. The van der Waals surface area contributed by atoms with Gasteiger partial charge in [-0.2, -0.15) is 0 Å². The van der Waals surface area contributed by atoms with Crippen LogP contribution >= 0.6 is 0 Å². The van der Waals surface area contributed by atoms with Crippen molar-refractivity contribution in [2.24, 2.45) is 0 Å². The number of aliphatic carboxylic acids is 3. The molecule has 0 saturated heterocycles. The maximum absolute atomic E-state index is 10.1. The van der Waals surface area contributed by atoms with Crippen molar-refractivity contribution in [3.63, 3.8) is 0 Å². The first-order valence-corrected chi connectivity index (χ1v) is 13.8. The van der Waals surface area contributed by atoms with Crippen molar-refractivity contribution in [2.45, 2.75) is 135 Å². The molecule has 0 amide bonds. The molecule has 0 fully saturated rings. The number of carboxylic acid groups (broad SMARTS) is 3. The van der Waals surface area contributed by atoms with Gasteiger partial charge in [-0.3, -0.25) is 14.4 Å². The van der Waals surface area contributed by atoms with Crippen LogP contribution in [0.25, 0.3) is 0 Å². The highest BCUT2D eigenvalue weighted by Crippen LogP contribution is 2.08. The Hall–Kier alpha value is -1.84. The van der Waals surface area contributed by atoms with E-state index in [4.69, 9.17) is 15.3 Å². The van der Waals surface area contributed by atoms with Gasteiger partial charge >= 0.3 is 17.9 Å². The van der Waals surface area contributed by atoms with E-state index in [9.17, 15) is 14.4 Å². The second-order valence-electron chi connectivity index (χ2n) is 8.97. The fraction of sp³-hybridized carbons (Fsp3) is 0.700. The van der Waals surface area contributed by atoms with Crippen LogP contribution in [0.15, 0.2) is 38.0 Å². The summed E-state index contributed by atoms with van der Waals surface area (Å²) in [5.74, 6) is -2.04. The summed E-state index contributed by atoms with van der Waals surface area (Å²) < 4.78 is 0. The van der Waals surface area contributed by atoms with Crippen LogP contribution in [-0.2, 0) is 14.4 Å². The zero-order valence-corrected chi connectivity index (χ0v) is 24.5. The van der Waals surface area contributed by atoms with Gasteiger partial charge in [0.25, 0.3) is 0 Å². The van der Waals surface area contributed by atoms with Gasteiger partial charge in [-0.15, -0.1) is 19.7 Å². The highest BCUT2D eigenvalue weighted by molar-refractivity contribution is 5.75. The maximum atomic E-state index is 10.1. The topological polar surface area (TPSA) is 112 Å². The molecule has 3 radical (unpaired) electrons. The number of carbonyl (C=O) groups is 3. The molecule has 0 aromatic heterocycles. The molecule has 0 spiro atoms. The van der Waals surface area contributed by atoms with Crippen LogP contribution in [0.5, 0.6) is 0 Å². The summed E-state index contributed by atoms with van der Waals surface area (Å²) in [6.45, 7) is 10.9. The van der Waals surface area contributed by atoms with Crippen LogP contribution < -0.4 is 0 Å². The first-order valence-electron chi connectivity index (χ1n) is 13.8. The van der Waals surface area contributed by atoms with Gasteiger partial charge in [-0.1, -0.05) is 76.0 Å². The Bertz CT molecular complexity index is 472. The second kappa shape index (κ2) is 38.7.